The number of hydrogen-bond acceptors (Lipinski definition) is 6. The van der Waals surface area contributed by atoms with Gasteiger partial charge in [0.15, 0.2) is 11.5 Å². The molecular formula is C15H15N3O4S. The molecule has 1 aromatic carbocycles. The summed E-state index contributed by atoms with van der Waals surface area (Å²) in [5.41, 5.74) is 2.94. The van der Waals surface area contributed by atoms with Gasteiger partial charge in [-0.3, -0.25) is 9.59 Å². The van der Waals surface area contributed by atoms with Gasteiger partial charge >= 0.3 is 0 Å². The molecule has 0 saturated heterocycles. The number of methoxy groups -OCH3 is 1. The van der Waals surface area contributed by atoms with Crippen molar-refractivity contribution >= 4 is 29.4 Å². The van der Waals surface area contributed by atoms with Crippen molar-refractivity contribution in [3.8, 4) is 11.5 Å². The molecule has 8 heteroatoms. The average molecular weight is 333 g/mol. The molecule has 0 aliphatic carbocycles. The van der Waals surface area contributed by atoms with Crippen LogP contribution in [0, 0.1) is 0 Å². The number of rotatable bonds is 6. The lowest BCUT2D eigenvalue weighted by Crippen LogP contribution is -2.34. The van der Waals surface area contributed by atoms with Crippen LogP contribution in [0.15, 0.2) is 40.8 Å². The first kappa shape index (κ1) is 16.5. The molecule has 0 unspecified atom stereocenters. The quantitative estimate of drug-likeness (QED) is 0.549. The van der Waals surface area contributed by atoms with Crippen LogP contribution in [0.2, 0.25) is 0 Å². The minimum atomic E-state index is -0.447. The number of nitrogens with zero attached hydrogens (tertiary/aromatic N) is 1. The van der Waals surface area contributed by atoms with Gasteiger partial charge in [0.05, 0.1) is 24.7 Å². The van der Waals surface area contributed by atoms with E-state index in [0.29, 0.717) is 16.2 Å². The molecule has 23 heavy (non-hydrogen) atoms. The molecular weight excluding hydrogens is 318 g/mol. The Labute approximate surface area is 136 Å². The highest BCUT2D eigenvalue weighted by molar-refractivity contribution is 7.12. The summed E-state index contributed by atoms with van der Waals surface area (Å²) >= 11 is 1.30. The zero-order valence-corrected chi connectivity index (χ0v) is 13.1. The van der Waals surface area contributed by atoms with Gasteiger partial charge in [0.25, 0.3) is 11.8 Å². The highest BCUT2D eigenvalue weighted by atomic mass is 32.1. The normalized spacial score (nSPS) is 10.5. The van der Waals surface area contributed by atoms with Gasteiger partial charge in [-0.15, -0.1) is 11.3 Å². The average Bonchev–Trinajstić information content (AvgIpc) is 3.08. The summed E-state index contributed by atoms with van der Waals surface area (Å²) < 4.78 is 4.97. The van der Waals surface area contributed by atoms with Crippen molar-refractivity contribution in [1.29, 1.82) is 0 Å². The largest absolute Gasteiger partial charge is 0.504 e. The molecule has 0 saturated carbocycles. The number of phenolic OH excluding ortho intramolecular Hbond substituents is 1. The number of ether oxygens (including phenoxy) is 1. The van der Waals surface area contributed by atoms with Crippen LogP contribution in [-0.4, -0.2) is 36.8 Å². The van der Waals surface area contributed by atoms with Crippen molar-refractivity contribution in [2.45, 2.75) is 0 Å². The fourth-order valence-corrected chi connectivity index (χ4v) is 2.29. The lowest BCUT2D eigenvalue weighted by molar-refractivity contribution is -0.120. The number of hydrazone groups is 1. The third-order valence-electron chi connectivity index (χ3n) is 2.76. The van der Waals surface area contributed by atoms with Gasteiger partial charge in [-0.05, 0) is 35.2 Å². The van der Waals surface area contributed by atoms with Crippen LogP contribution < -0.4 is 15.5 Å². The second kappa shape index (κ2) is 7.95. The summed E-state index contributed by atoms with van der Waals surface area (Å²) in [7, 11) is 1.44. The molecule has 0 atom stereocenters. The Morgan fingerprint density at radius 1 is 1.39 bits per heavy atom. The van der Waals surface area contributed by atoms with Crippen molar-refractivity contribution < 1.29 is 19.4 Å². The first-order valence-electron chi connectivity index (χ1n) is 6.61. The molecule has 1 heterocycles. The predicted octanol–water partition coefficient (Wildman–Crippen LogP) is 1.34. The summed E-state index contributed by atoms with van der Waals surface area (Å²) in [6, 6.07) is 8.09. The molecule has 2 amide bonds. The number of carbonyl (C=O) groups excluding carboxylic acids is 2. The number of phenols is 1. The third-order valence-corrected chi connectivity index (χ3v) is 3.63. The molecule has 1 aromatic heterocycles. The highest BCUT2D eigenvalue weighted by Gasteiger charge is 2.08. The van der Waals surface area contributed by atoms with Crippen molar-refractivity contribution in [3.05, 3.63) is 46.2 Å². The zero-order chi connectivity index (χ0) is 16.7. The summed E-state index contributed by atoms with van der Waals surface area (Å²) in [4.78, 5) is 23.8. The van der Waals surface area contributed by atoms with Crippen LogP contribution in [0.25, 0.3) is 0 Å². The molecule has 2 aromatic rings. The minimum Gasteiger partial charge on any atom is -0.504 e. The van der Waals surface area contributed by atoms with Gasteiger partial charge in [-0.25, -0.2) is 5.43 Å². The molecule has 3 N–H and O–H groups in total. The van der Waals surface area contributed by atoms with Crippen molar-refractivity contribution in [1.82, 2.24) is 10.7 Å². The van der Waals surface area contributed by atoms with E-state index < -0.39 is 5.91 Å². The van der Waals surface area contributed by atoms with E-state index in [1.807, 2.05) is 0 Å². The van der Waals surface area contributed by atoms with Gasteiger partial charge in [0.1, 0.15) is 0 Å². The van der Waals surface area contributed by atoms with Crippen LogP contribution in [0.4, 0.5) is 0 Å². The second-order valence-corrected chi connectivity index (χ2v) is 5.33. The molecule has 0 aliphatic heterocycles. The van der Waals surface area contributed by atoms with Crippen molar-refractivity contribution in [2.75, 3.05) is 13.7 Å². The maximum Gasteiger partial charge on any atom is 0.261 e. The van der Waals surface area contributed by atoms with E-state index in [2.05, 4.69) is 15.8 Å². The lowest BCUT2D eigenvalue weighted by atomic mass is 10.2. The fraction of sp³-hybridized carbons (Fsp3) is 0.133. The SMILES string of the molecule is COc1cc(/C=N/NC(=O)CNC(=O)c2cccs2)ccc1O. The maximum absolute atomic E-state index is 11.7. The Balaban J connectivity index is 1.81. The van der Waals surface area contributed by atoms with E-state index in [-0.39, 0.29) is 18.2 Å². The maximum atomic E-state index is 11.7. The molecule has 0 spiro atoms. The van der Waals surface area contributed by atoms with Crippen LogP contribution >= 0.6 is 11.3 Å². The van der Waals surface area contributed by atoms with E-state index in [4.69, 9.17) is 4.74 Å². The van der Waals surface area contributed by atoms with E-state index >= 15 is 0 Å². The summed E-state index contributed by atoms with van der Waals surface area (Å²) in [5.74, 6) is -0.423. The standard InChI is InChI=1S/C15H15N3O4S/c1-22-12-7-10(4-5-11(12)19)8-17-18-14(20)9-16-15(21)13-3-2-6-23-13/h2-8,19H,9H2,1H3,(H,16,21)(H,18,20)/b17-8+. The van der Waals surface area contributed by atoms with Gasteiger partial charge in [-0.1, -0.05) is 6.07 Å². The monoisotopic (exact) mass is 333 g/mol. The van der Waals surface area contributed by atoms with E-state index in [1.165, 1.54) is 30.7 Å². The van der Waals surface area contributed by atoms with E-state index in [9.17, 15) is 14.7 Å². The van der Waals surface area contributed by atoms with Crippen LogP contribution in [-0.2, 0) is 4.79 Å². The van der Waals surface area contributed by atoms with E-state index in [1.54, 1.807) is 29.6 Å². The van der Waals surface area contributed by atoms with Gasteiger partial charge in [0.2, 0.25) is 0 Å². The van der Waals surface area contributed by atoms with Gasteiger partial charge in [-0.2, -0.15) is 5.10 Å². The van der Waals surface area contributed by atoms with Crippen molar-refractivity contribution in [3.63, 3.8) is 0 Å². The van der Waals surface area contributed by atoms with Gasteiger partial charge < -0.3 is 15.2 Å². The first-order chi connectivity index (χ1) is 11.1. The van der Waals surface area contributed by atoms with E-state index in [0.717, 1.165) is 0 Å². The topological polar surface area (TPSA) is 100 Å². The molecule has 0 radical (unpaired) electrons. The van der Waals surface area contributed by atoms with Crippen LogP contribution in [0.5, 0.6) is 11.5 Å². The van der Waals surface area contributed by atoms with Crippen LogP contribution in [0.3, 0.4) is 0 Å². The Hall–Kier alpha value is -2.87. The number of nitrogens with one attached hydrogen (secondary N) is 2. The second-order valence-electron chi connectivity index (χ2n) is 4.38. The molecule has 2 rings (SSSR count). The summed E-state index contributed by atoms with van der Waals surface area (Å²) in [6.45, 7) is -0.174. The summed E-state index contributed by atoms with van der Waals surface area (Å²) in [6.07, 6.45) is 1.40. The number of thiophene rings is 1. The number of hydrogen-bond donors (Lipinski definition) is 3. The van der Waals surface area contributed by atoms with Gasteiger partial charge in [0, 0.05) is 0 Å². The van der Waals surface area contributed by atoms with Crippen LogP contribution in [0.1, 0.15) is 15.2 Å². The first-order valence-corrected chi connectivity index (χ1v) is 7.48. The molecule has 0 aliphatic rings. The van der Waals surface area contributed by atoms with Crippen molar-refractivity contribution in [2.24, 2.45) is 5.10 Å². The number of benzene rings is 1. The number of carbonyl (C=O) groups is 2. The third kappa shape index (κ3) is 4.82. The Morgan fingerprint density at radius 2 is 2.22 bits per heavy atom. The number of aromatic hydroxyl groups is 1. The molecule has 0 fully saturated rings. The Morgan fingerprint density at radius 3 is 2.91 bits per heavy atom. The fourth-order valence-electron chi connectivity index (χ4n) is 1.65. The zero-order valence-electron chi connectivity index (χ0n) is 12.3. The molecule has 0 bridgehead atoms. The Kier molecular flexibility index (Phi) is 5.70. The molecule has 120 valence electrons. The summed E-state index contributed by atoms with van der Waals surface area (Å²) in [5, 5.41) is 17.5. The molecule has 7 nitrogen and oxygen atoms in total. The lowest BCUT2D eigenvalue weighted by Gasteiger charge is -2.04. The highest BCUT2D eigenvalue weighted by Crippen LogP contribution is 2.25. The smallest absolute Gasteiger partial charge is 0.261 e. The predicted molar refractivity (Wildman–Crippen MR) is 87.0 cm³/mol. The minimum absolute atomic E-state index is 0.0185. The number of amides is 2. The Bertz CT molecular complexity index is 714.